The number of rotatable bonds is 2. The maximum absolute atomic E-state index is 11.9. The molecular weight excluding hydrogens is 302 g/mol. The smallest absolute Gasteiger partial charge is 0.254 e. The number of aryl methyl sites for hydroxylation is 1. The van der Waals surface area contributed by atoms with Crippen molar-refractivity contribution in [1.82, 2.24) is 14.8 Å². The monoisotopic (exact) mass is 323 g/mol. The van der Waals surface area contributed by atoms with Gasteiger partial charge in [0.15, 0.2) is 0 Å². The summed E-state index contributed by atoms with van der Waals surface area (Å²) in [5.41, 5.74) is 14.7. The van der Waals surface area contributed by atoms with E-state index in [2.05, 4.69) is 10.1 Å². The van der Waals surface area contributed by atoms with E-state index in [1.807, 2.05) is 58.0 Å². The average Bonchev–Trinajstić information content (AvgIpc) is 2.84. The second-order valence-electron chi connectivity index (χ2n) is 6.92. The van der Waals surface area contributed by atoms with Gasteiger partial charge in [0.1, 0.15) is 17.1 Å². The summed E-state index contributed by atoms with van der Waals surface area (Å²) in [5.74, 6) is -0.299. The third-order valence-corrected chi connectivity index (χ3v) is 3.90. The van der Waals surface area contributed by atoms with Crippen LogP contribution in [0, 0.1) is 6.92 Å². The van der Waals surface area contributed by atoms with E-state index in [9.17, 15) is 4.79 Å². The topological polar surface area (TPSA) is 99.8 Å². The highest BCUT2D eigenvalue weighted by atomic mass is 16.1. The summed E-state index contributed by atoms with van der Waals surface area (Å²) in [6.07, 6.45) is 0. The zero-order chi connectivity index (χ0) is 17.6. The number of nitrogens with zero attached hydrogens (tertiary/aromatic N) is 3. The molecule has 0 atom stereocenters. The molecule has 0 aliphatic rings. The van der Waals surface area contributed by atoms with Gasteiger partial charge in [-0.2, -0.15) is 5.10 Å². The lowest BCUT2D eigenvalue weighted by Gasteiger charge is -2.20. The largest absolute Gasteiger partial charge is 0.383 e. The number of primary amides is 1. The van der Waals surface area contributed by atoms with Gasteiger partial charge in [0.25, 0.3) is 5.91 Å². The molecular formula is C18H21N5O. The van der Waals surface area contributed by atoms with Gasteiger partial charge in [-0.25, -0.2) is 4.68 Å². The van der Waals surface area contributed by atoms with Crippen molar-refractivity contribution in [3.8, 4) is 11.3 Å². The zero-order valence-corrected chi connectivity index (χ0v) is 14.3. The van der Waals surface area contributed by atoms with Crippen LogP contribution in [0.4, 0.5) is 5.82 Å². The molecule has 0 aliphatic carbocycles. The van der Waals surface area contributed by atoms with Gasteiger partial charge < -0.3 is 11.5 Å². The van der Waals surface area contributed by atoms with Crippen molar-refractivity contribution in [2.24, 2.45) is 5.73 Å². The van der Waals surface area contributed by atoms with E-state index < -0.39 is 5.91 Å². The fourth-order valence-corrected chi connectivity index (χ4v) is 2.76. The molecule has 0 saturated heterocycles. The van der Waals surface area contributed by atoms with Crippen LogP contribution in [-0.2, 0) is 5.54 Å². The fourth-order valence-electron chi connectivity index (χ4n) is 2.76. The van der Waals surface area contributed by atoms with Gasteiger partial charge in [0.05, 0.1) is 11.1 Å². The van der Waals surface area contributed by atoms with Gasteiger partial charge in [0, 0.05) is 16.6 Å². The van der Waals surface area contributed by atoms with E-state index in [1.165, 1.54) is 0 Å². The Labute approximate surface area is 140 Å². The SMILES string of the molecule is Cc1ccc2cc(-c3nn(C(C)(C)C)c(N)c3C(N)=O)ccc2n1. The molecule has 1 aromatic carbocycles. The lowest BCUT2D eigenvalue weighted by Crippen LogP contribution is -2.25. The van der Waals surface area contributed by atoms with Crippen molar-refractivity contribution in [1.29, 1.82) is 0 Å². The molecule has 4 N–H and O–H groups in total. The molecule has 1 amide bonds. The standard InChI is InChI=1S/C18H21N5O/c1-10-5-6-11-9-12(7-8-13(11)21-10)15-14(17(20)24)16(19)23(22-15)18(2,3)4/h5-9H,19H2,1-4H3,(H2,20,24). The minimum absolute atomic E-state index is 0.254. The van der Waals surface area contributed by atoms with Crippen molar-refractivity contribution in [2.75, 3.05) is 5.73 Å². The number of aromatic nitrogens is 3. The van der Waals surface area contributed by atoms with E-state index in [0.29, 0.717) is 5.69 Å². The zero-order valence-electron chi connectivity index (χ0n) is 14.3. The van der Waals surface area contributed by atoms with Crippen molar-refractivity contribution in [2.45, 2.75) is 33.2 Å². The molecule has 0 spiro atoms. The van der Waals surface area contributed by atoms with Crippen LogP contribution >= 0.6 is 0 Å². The number of nitrogen functional groups attached to an aromatic ring is 1. The first-order chi connectivity index (χ1) is 11.2. The number of hydrogen-bond donors (Lipinski definition) is 2. The lowest BCUT2D eigenvalue weighted by atomic mass is 10.0. The van der Waals surface area contributed by atoms with Crippen LogP contribution < -0.4 is 11.5 Å². The Morgan fingerprint density at radius 2 is 1.88 bits per heavy atom. The van der Waals surface area contributed by atoms with Crippen LogP contribution in [0.5, 0.6) is 0 Å². The van der Waals surface area contributed by atoms with Gasteiger partial charge in [-0.05, 0) is 45.9 Å². The number of fused-ring (bicyclic) bond motifs is 1. The molecule has 2 aromatic heterocycles. The minimum atomic E-state index is -0.583. The van der Waals surface area contributed by atoms with Crippen LogP contribution in [0.1, 0.15) is 36.8 Å². The van der Waals surface area contributed by atoms with E-state index >= 15 is 0 Å². The Bertz CT molecular complexity index is 950. The Morgan fingerprint density at radius 3 is 2.50 bits per heavy atom. The minimum Gasteiger partial charge on any atom is -0.383 e. The average molecular weight is 323 g/mol. The van der Waals surface area contributed by atoms with Gasteiger partial charge in [-0.15, -0.1) is 0 Å². The van der Waals surface area contributed by atoms with Crippen LogP contribution in [0.25, 0.3) is 22.2 Å². The number of hydrogen-bond acceptors (Lipinski definition) is 4. The molecule has 0 unspecified atom stereocenters. The quantitative estimate of drug-likeness (QED) is 0.757. The molecule has 0 radical (unpaired) electrons. The number of anilines is 1. The summed E-state index contributed by atoms with van der Waals surface area (Å²) in [6.45, 7) is 7.86. The van der Waals surface area contributed by atoms with Gasteiger partial charge >= 0.3 is 0 Å². The van der Waals surface area contributed by atoms with E-state index in [-0.39, 0.29) is 16.9 Å². The van der Waals surface area contributed by atoms with Crippen molar-refractivity contribution in [3.63, 3.8) is 0 Å². The van der Waals surface area contributed by atoms with E-state index in [0.717, 1.165) is 22.2 Å². The highest BCUT2D eigenvalue weighted by Gasteiger charge is 2.26. The molecule has 6 nitrogen and oxygen atoms in total. The van der Waals surface area contributed by atoms with Crippen LogP contribution in [0.2, 0.25) is 0 Å². The summed E-state index contributed by atoms with van der Waals surface area (Å²) >= 11 is 0. The highest BCUT2D eigenvalue weighted by Crippen LogP contribution is 2.32. The second kappa shape index (κ2) is 5.33. The molecule has 0 bridgehead atoms. The van der Waals surface area contributed by atoms with Gasteiger partial charge in [-0.1, -0.05) is 12.1 Å². The molecule has 124 valence electrons. The highest BCUT2D eigenvalue weighted by molar-refractivity contribution is 6.04. The van der Waals surface area contributed by atoms with Crippen molar-refractivity contribution < 1.29 is 4.79 Å². The van der Waals surface area contributed by atoms with Crippen molar-refractivity contribution >= 4 is 22.6 Å². The molecule has 6 heteroatoms. The Morgan fingerprint density at radius 1 is 1.17 bits per heavy atom. The normalized spacial score (nSPS) is 11.8. The molecule has 3 rings (SSSR count). The summed E-state index contributed by atoms with van der Waals surface area (Å²) in [7, 11) is 0. The lowest BCUT2D eigenvalue weighted by molar-refractivity contribution is 0.100. The third-order valence-electron chi connectivity index (χ3n) is 3.90. The molecule has 2 heterocycles. The van der Waals surface area contributed by atoms with Gasteiger partial charge in [-0.3, -0.25) is 9.78 Å². The first-order valence-electron chi connectivity index (χ1n) is 7.75. The molecule has 0 aliphatic heterocycles. The molecule has 0 fully saturated rings. The summed E-state index contributed by atoms with van der Waals surface area (Å²) < 4.78 is 1.64. The van der Waals surface area contributed by atoms with E-state index in [4.69, 9.17) is 11.5 Å². The second-order valence-corrected chi connectivity index (χ2v) is 6.92. The molecule has 3 aromatic rings. The Balaban J connectivity index is 2.25. The van der Waals surface area contributed by atoms with Crippen molar-refractivity contribution in [3.05, 3.63) is 41.6 Å². The van der Waals surface area contributed by atoms with E-state index in [1.54, 1.807) is 4.68 Å². The van der Waals surface area contributed by atoms with Crippen LogP contribution in [-0.4, -0.2) is 20.7 Å². The fraction of sp³-hybridized carbons (Fsp3) is 0.278. The number of amides is 1. The first kappa shape index (κ1) is 16.0. The molecule has 24 heavy (non-hydrogen) atoms. The number of nitrogens with two attached hydrogens (primary N) is 2. The number of pyridine rings is 1. The predicted octanol–water partition coefficient (Wildman–Crippen LogP) is 2.84. The maximum atomic E-state index is 11.9. The van der Waals surface area contributed by atoms with Crippen LogP contribution in [0.3, 0.4) is 0 Å². The Kier molecular flexibility index (Phi) is 3.55. The number of carbonyl (C=O) groups excluding carboxylic acids is 1. The summed E-state index contributed by atoms with van der Waals surface area (Å²) in [4.78, 5) is 16.4. The molecule has 0 saturated carbocycles. The summed E-state index contributed by atoms with van der Waals surface area (Å²) in [5, 5.41) is 5.54. The maximum Gasteiger partial charge on any atom is 0.254 e. The summed E-state index contributed by atoms with van der Waals surface area (Å²) in [6, 6.07) is 9.69. The van der Waals surface area contributed by atoms with Crippen LogP contribution in [0.15, 0.2) is 30.3 Å². The Hall–Kier alpha value is -2.89. The predicted molar refractivity (Wildman–Crippen MR) is 95.6 cm³/mol. The number of carbonyl (C=O) groups is 1. The first-order valence-corrected chi connectivity index (χ1v) is 7.75. The number of benzene rings is 1. The third kappa shape index (κ3) is 2.60. The van der Waals surface area contributed by atoms with Gasteiger partial charge in [0.2, 0.25) is 0 Å².